The number of hydrogen-bond acceptors (Lipinski definition) is 4. The number of likely N-dealkylation sites (tertiary alicyclic amines) is 1. The Kier molecular flexibility index (Phi) is 7.63. The number of amides is 3. The van der Waals surface area contributed by atoms with Crippen LogP contribution in [0.5, 0.6) is 0 Å². The Bertz CT molecular complexity index is 1470. The molecule has 2 heterocycles. The molecular weight excluding hydrogens is 492 g/mol. The first kappa shape index (κ1) is 26.0. The maximum absolute atomic E-state index is 13.3. The number of piperidine rings is 1. The molecule has 1 saturated heterocycles. The first-order chi connectivity index (χ1) is 18.9. The first-order valence-electron chi connectivity index (χ1n) is 13.1. The van der Waals surface area contributed by atoms with E-state index in [0.717, 1.165) is 23.7 Å². The molecule has 5 rings (SSSR count). The van der Waals surface area contributed by atoms with Crippen LogP contribution in [0.4, 0.5) is 10.5 Å². The molecule has 200 valence electrons. The average molecular weight is 525 g/mol. The molecule has 1 aromatic heterocycles. The summed E-state index contributed by atoms with van der Waals surface area (Å²) in [6.07, 6.45) is 1.07. The van der Waals surface area contributed by atoms with Crippen LogP contribution >= 0.6 is 0 Å². The van der Waals surface area contributed by atoms with E-state index < -0.39 is 12.1 Å². The minimum atomic E-state index is -0.887. The van der Waals surface area contributed by atoms with Crippen molar-refractivity contribution in [3.05, 3.63) is 102 Å². The highest BCUT2D eigenvalue weighted by molar-refractivity contribution is 5.99. The van der Waals surface area contributed by atoms with E-state index in [1.807, 2.05) is 89.3 Å². The lowest BCUT2D eigenvalue weighted by Gasteiger charge is -2.32. The van der Waals surface area contributed by atoms with Gasteiger partial charge in [0.15, 0.2) is 0 Å². The molecule has 3 amide bonds. The van der Waals surface area contributed by atoms with Crippen LogP contribution in [0.25, 0.3) is 10.9 Å². The van der Waals surface area contributed by atoms with Gasteiger partial charge in [0.25, 0.3) is 11.8 Å². The van der Waals surface area contributed by atoms with E-state index in [-0.39, 0.29) is 11.8 Å². The monoisotopic (exact) mass is 524 g/mol. The zero-order chi connectivity index (χ0) is 27.4. The van der Waals surface area contributed by atoms with Gasteiger partial charge in [-0.1, -0.05) is 60.7 Å². The molecule has 4 aromatic rings. The predicted molar refractivity (Wildman–Crippen MR) is 151 cm³/mol. The van der Waals surface area contributed by atoms with Crippen molar-refractivity contribution in [3.8, 4) is 0 Å². The number of fused-ring (bicyclic) bond motifs is 1. The number of nitrogens with zero attached hydrogens (tertiary/aromatic N) is 2. The molecule has 39 heavy (non-hydrogen) atoms. The van der Waals surface area contributed by atoms with Crippen LogP contribution in [0, 0.1) is 0 Å². The number of aryl methyl sites for hydroxylation is 1. The Morgan fingerprint density at radius 2 is 1.56 bits per heavy atom. The van der Waals surface area contributed by atoms with Gasteiger partial charge in [0, 0.05) is 36.7 Å². The van der Waals surface area contributed by atoms with Gasteiger partial charge in [0.1, 0.15) is 11.7 Å². The maximum Gasteiger partial charge on any atom is 0.407 e. The number of hydrogen-bond donors (Lipinski definition) is 2. The summed E-state index contributed by atoms with van der Waals surface area (Å²) in [5.74, 6) is 0.0441. The minimum Gasteiger partial charge on any atom is -0.453 e. The van der Waals surface area contributed by atoms with Crippen molar-refractivity contribution in [1.29, 1.82) is 0 Å². The van der Waals surface area contributed by atoms with Crippen LogP contribution in [0.1, 0.15) is 46.4 Å². The van der Waals surface area contributed by atoms with E-state index in [9.17, 15) is 14.4 Å². The maximum atomic E-state index is 13.3. The zero-order valence-electron chi connectivity index (χ0n) is 22.1. The molecule has 3 aromatic carbocycles. The highest BCUT2D eigenvalue weighted by atomic mass is 16.5. The minimum absolute atomic E-state index is 0.0683. The molecule has 0 bridgehead atoms. The van der Waals surface area contributed by atoms with Crippen molar-refractivity contribution in [2.45, 2.75) is 24.8 Å². The molecule has 0 aliphatic carbocycles. The van der Waals surface area contributed by atoms with Gasteiger partial charge in [-0.2, -0.15) is 0 Å². The van der Waals surface area contributed by atoms with Crippen molar-refractivity contribution in [3.63, 3.8) is 0 Å². The predicted octanol–water partition coefficient (Wildman–Crippen LogP) is 5.23. The van der Waals surface area contributed by atoms with E-state index in [4.69, 9.17) is 4.74 Å². The number of para-hydroxylation sites is 1. The molecule has 1 aliphatic rings. The molecule has 8 heteroatoms. The van der Waals surface area contributed by atoms with E-state index in [2.05, 4.69) is 10.6 Å². The molecule has 8 nitrogen and oxygen atoms in total. The fraction of sp³-hybridized carbons (Fsp3) is 0.258. The Morgan fingerprint density at radius 3 is 2.23 bits per heavy atom. The van der Waals surface area contributed by atoms with Gasteiger partial charge in [-0.3, -0.25) is 9.59 Å². The number of anilines is 1. The number of carbonyl (C=O) groups excluding carboxylic acids is 3. The van der Waals surface area contributed by atoms with Crippen LogP contribution in [0.15, 0.2) is 84.9 Å². The lowest BCUT2D eigenvalue weighted by molar-refractivity contribution is -0.118. The van der Waals surface area contributed by atoms with E-state index in [1.54, 1.807) is 12.1 Å². The molecule has 0 spiro atoms. The summed E-state index contributed by atoms with van der Waals surface area (Å²) >= 11 is 0. The lowest BCUT2D eigenvalue weighted by Crippen LogP contribution is -2.38. The van der Waals surface area contributed by atoms with Gasteiger partial charge < -0.3 is 24.8 Å². The van der Waals surface area contributed by atoms with Crippen LogP contribution < -0.4 is 10.6 Å². The van der Waals surface area contributed by atoms with Gasteiger partial charge in [0.05, 0.1) is 7.11 Å². The Labute approximate surface area is 227 Å². The molecule has 1 aliphatic heterocycles. The Balaban J connectivity index is 1.20. The number of carbonyl (C=O) groups is 3. The molecule has 0 unspecified atom stereocenters. The summed E-state index contributed by atoms with van der Waals surface area (Å²) in [7, 11) is 3.20. The van der Waals surface area contributed by atoms with Crippen LogP contribution in [0.3, 0.4) is 0 Å². The summed E-state index contributed by atoms with van der Waals surface area (Å²) in [6, 6.07) is 25.9. The second kappa shape index (κ2) is 11.4. The normalized spacial score (nSPS) is 14.6. The zero-order valence-corrected chi connectivity index (χ0v) is 22.1. The highest BCUT2D eigenvalue weighted by Crippen LogP contribution is 2.30. The van der Waals surface area contributed by atoms with Crippen LogP contribution in [0.2, 0.25) is 0 Å². The topological polar surface area (TPSA) is 92.7 Å². The third kappa shape index (κ3) is 5.65. The second-order valence-electron chi connectivity index (χ2n) is 9.80. The molecule has 0 radical (unpaired) electrons. The van der Waals surface area contributed by atoms with Crippen molar-refractivity contribution >= 4 is 34.5 Å². The molecule has 2 N–H and O–H groups in total. The van der Waals surface area contributed by atoms with Gasteiger partial charge in [-0.05, 0) is 54.2 Å². The highest BCUT2D eigenvalue weighted by Gasteiger charge is 2.27. The van der Waals surface area contributed by atoms with Gasteiger partial charge >= 0.3 is 6.09 Å². The van der Waals surface area contributed by atoms with Crippen molar-refractivity contribution < 1.29 is 19.1 Å². The average Bonchev–Trinajstić information content (AvgIpc) is 3.32. The SMILES string of the molecule is COC(=O)N[C@@H](C(=O)Nc1ccc(C2CCN(C(=O)c3cc4ccccc4n3C)CC2)cc1)c1ccccc1. The number of rotatable bonds is 6. The van der Waals surface area contributed by atoms with E-state index in [1.165, 1.54) is 12.7 Å². The summed E-state index contributed by atoms with van der Waals surface area (Å²) < 4.78 is 6.67. The molecule has 1 atom stereocenters. The van der Waals surface area contributed by atoms with Gasteiger partial charge in [0.2, 0.25) is 0 Å². The molecular formula is C31H32N4O4. The van der Waals surface area contributed by atoms with Crippen LogP contribution in [-0.2, 0) is 16.6 Å². The third-order valence-electron chi connectivity index (χ3n) is 7.45. The standard InChI is InChI=1S/C31H32N4O4/c1-34-26-11-7-6-10-24(26)20-27(34)30(37)35-18-16-22(17-19-35)21-12-14-25(15-13-21)32-29(36)28(33-31(38)39-2)23-8-4-3-5-9-23/h3-15,20,22,28H,16-19H2,1-2H3,(H,32,36)(H,33,38)/t28-/m1/s1. The second-order valence-corrected chi connectivity index (χ2v) is 9.80. The fourth-order valence-corrected chi connectivity index (χ4v) is 5.25. The summed E-state index contributed by atoms with van der Waals surface area (Å²) in [4.78, 5) is 40.1. The number of nitrogens with one attached hydrogen (secondary N) is 2. The van der Waals surface area contributed by atoms with Gasteiger partial charge in [-0.25, -0.2) is 4.79 Å². The smallest absolute Gasteiger partial charge is 0.407 e. The number of methoxy groups -OCH3 is 1. The summed E-state index contributed by atoms with van der Waals surface area (Å²) in [5.41, 5.74) is 4.24. The molecule has 1 fully saturated rings. The largest absolute Gasteiger partial charge is 0.453 e. The summed E-state index contributed by atoms with van der Waals surface area (Å²) in [6.45, 7) is 1.39. The van der Waals surface area contributed by atoms with E-state index >= 15 is 0 Å². The van der Waals surface area contributed by atoms with Crippen molar-refractivity contribution in [1.82, 2.24) is 14.8 Å². The number of alkyl carbamates (subject to hydrolysis) is 1. The van der Waals surface area contributed by atoms with Crippen molar-refractivity contribution in [2.24, 2.45) is 7.05 Å². The van der Waals surface area contributed by atoms with Crippen LogP contribution in [-0.4, -0.2) is 47.6 Å². The summed E-state index contributed by atoms with van der Waals surface area (Å²) in [5, 5.41) is 6.56. The molecule has 0 saturated carbocycles. The fourth-order valence-electron chi connectivity index (χ4n) is 5.25. The quantitative estimate of drug-likeness (QED) is 0.361. The third-order valence-corrected chi connectivity index (χ3v) is 7.45. The number of benzene rings is 3. The number of ether oxygens (including phenoxy) is 1. The lowest BCUT2D eigenvalue weighted by atomic mass is 9.89. The first-order valence-corrected chi connectivity index (χ1v) is 13.1. The van der Waals surface area contributed by atoms with Gasteiger partial charge in [-0.15, -0.1) is 0 Å². The van der Waals surface area contributed by atoms with E-state index in [0.29, 0.717) is 36.0 Å². The van der Waals surface area contributed by atoms with Crippen molar-refractivity contribution in [2.75, 3.05) is 25.5 Å². The number of aromatic nitrogens is 1. The Morgan fingerprint density at radius 1 is 0.897 bits per heavy atom. The Hall–Kier alpha value is -4.59.